The summed E-state index contributed by atoms with van der Waals surface area (Å²) in [6, 6.07) is 9.61. The second-order valence-electron chi connectivity index (χ2n) is 6.54. The Bertz CT molecular complexity index is 539. The number of benzene rings is 1. The van der Waals surface area contributed by atoms with Crippen molar-refractivity contribution >= 4 is 9.84 Å². The van der Waals surface area contributed by atoms with Crippen molar-refractivity contribution < 1.29 is 8.42 Å². The minimum absolute atomic E-state index is 0.0914. The van der Waals surface area contributed by atoms with E-state index in [9.17, 15) is 8.42 Å². The molecule has 1 aliphatic rings. The summed E-state index contributed by atoms with van der Waals surface area (Å²) in [7, 11) is -1.25. The lowest BCUT2D eigenvalue weighted by atomic mass is 9.79. The zero-order chi connectivity index (χ0) is 15.5. The van der Waals surface area contributed by atoms with E-state index in [1.54, 1.807) is 0 Å². The second-order valence-corrected chi connectivity index (χ2v) is 8.76. The summed E-state index contributed by atoms with van der Waals surface area (Å²) in [4.78, 5) is 0. The van der Waals surface area contributed by atoms with E-state index in [4.69, 9.17) is 0 Å². The maximum absolute atomic E-state index is 12.9. The highest BCUT2D eigenvalue weighted by Crippen LogP contribution is 2.34. The maximum atomic E-state index is 12.9. The molecule has 21 heavy (non-hydrogen) atoms. The third-order valence-corrected chi connectivity index (χ3v) is 7.00. The molecule has 1 aromatic rings. The summed E-state index contributed by atoms with van der Waals surface area (Å²) in [6.07, 6.45) is 2.87. The van der Waals surface area contributed by atoms with E-state index in [0.29, 0.717) is 11.8 Å². The van der Waals surface area contributed by atoms with Crippen LogP contribution in [0.15, 0.2) is 30.3 Å². The molecule has 1 aliphatic carbocycles. The SMILES string of the molecule is CNC1CCC(C(C)C)CC1S(=O)(=O)Cc1ccccc1. The molecule has 3 atom stereocenters. The lowest BCUT2D eigenvalue weighted by molar-refractivity contribution is 0.246. The largest absolute Gasteiger partial charge is 0.316 e. The maximum Gasteiger partial charge on any atom is 0.158 e. The summed E-state index contributed by atoms with van der Waals surface area (Å²) in [5, 5.41) is 2.97. The fraction of sp³-hybridized carbons (Fsp3) is 0.647. The van der Waals surface area contributed by atoms with Crippen LogP contribution in [0.5, 0.6) is 0 Å². The van der Waals surface area contributed by atoms with Crippen molar-refractivity contribution in [2.75, 3.05) is 7.05 Å². The smallest absolute Gasteiger partial charge is 0.158 e. The summed E-state index contributed by atoms with van der Waals surface area (Å²) >= 11 is 0. The third-order valence-electron chi connectivity index (χ3n) is 4.82. The van der Waals surface area contributed by atoms with Crippen LogP contribution in [-0.4, -0.2) is 26.8 Å². The zero-order valence-electron chi connectivity index (χ0n) is 13.2. The molecule has 1 N–H and O–H groups in total. The summed E-state index contributed by atoms with van der Waals surface area (Å²) in [5.74, 6) is 1.23. The van der Waals surface area contributed by atoms with Gasteiger partial charge in [0.2, 0.25) is 0 Å². The average molecular weight is 309 g/mol. The number of sulfone groups is 1. The van der Waals surface area contributed by atoms with E-state index in [1.807, 2.05) is 37.4 Å². The second kappa shape index (κ2) is 6.93. The van der Waals surface area contributed by atoms with Crippen LogP contribution in [0.2, 0.25) is 0 Å². The van der Waals surface area contributed by atoms with Crippen LogP contribution < -0.4 is 5.32 Å². The van der Waals surface area contributed by atoms with Crippen molar-refractivity contribution in [1.29, 1.82) is 0 Å². The van der Waals surface area contributed by atoms with Gasteiger partial charge in [-0.25, -0.2) is 8.42 Å². The van der Waals surface area contributed by atoms with Crippen molar-refractivity contribution in [2.45, 2.75) is 50.2 Å². The summed E-state index contributed by atoms with van der Waals surface area (Å²) < 4.78 is 25.7. The van der Waals surface area contributed by atoms with Crippen LogP contribution in [0.4, 0.5) is 0 Å². The topological polar surface area (TPSA) is 46.2 Å². The van der Waals surface area contributed by atoms with Crippen LogP contribution in [0, 0.1) is 11.8 Å². The molecule has 0 saturated heterocycles. The van der Waals surface area contributed by atoms with E-state index >= 15 is 0 Å². The Morgan fingerprint density at radius 3 is 2.43 bits per heavy atom. The van der Waals surface area contributed by atoms with Crippen molar-refractivity contribution in [2.24, 2.45) is 11.8 Å². The Kier molecular flexibility index (Phi) is 5.44. The van der Waals surface area contributed by atoms with Crippen LogP contribution in [0.25, 0.3) is 0 Å². The van der Waals surface area contributed by atoms with E-state index in [0.717, 1.165) is 24.8 Å². The Labute approximate surface area is 129 Å². The molecule has 0 bridgehead atoms. The Balaban J connectivity index is 2.18. The molecule has 0 amide bonds. The number of hydrogen-bond donors (Lipinski definition) is 1. The minimum atomic E-state index is -3.13. The van der Waals surface area contributed by atoms with Gasteiger partial charge < -0.3 is 5.32 Å². The van der Waals surface area contributed by atoms with Gasteiger partial charge >= 0.3 is 0 Å². The fourth-order valence-electron chi connectivity index (χ4n) is 3.41. The molecule has 1 saturated carbocycles. The molecule has 3 nitrogen and oxygen atoms in total. The van der Waals surface area contributed by atoms with E-state index in [2.05, 4.69) is 19.2 Å². The fourth-order valence-corrected chi connectivity index (χ4v) is 5.59. The summed E-state index contributed by atoms with van der Waals surface area (Å²) in [5.41, 5.74) is 0.888. The lowest BCUT2D eigenvalue weighted by Crippen LogP contribution is -2.47. The van der Waals surface area contributed by atoms with Crippen molar-refractivity contribution in [3.05, 3.63) is 35.9 Å². The highest BCUT2D eigenvalue weighted by atomic mass is 32.2. The molecule has 3 unspecified atom stereocenters. The van der Waals surface area contributed by atoms with Crippen molar-refractivity contribution in [1.82, 2.24) is 5.32 Å². The zero-order valence-corrected chi connectivity index (χ0v) is 14.1. The Hall–Kier alpha value is -0.870. The molecule has 0 aromatic heterocycles. The quantitative estimate of drug-likeness (QED) is 0.909. The molecule has 0 spiro atoms. The molecular formula is C17H27NO2S. The van der Waals surface area contributed by atoms with Crippen molar-refractivity contribution in [3.63, 3.8) is 0 Å². The molecule has 118 valence electrons. The van der Waals surface area contributed by atoms with E-state index < -0.39 is 9.84 Å². The standard InChI is InChI=1S/C17H27NO2S/c1-13(2)15-9-10-16(18-3)17(11-15)21(19,20)12-14-7-5-4-6-8-14/h4-8,13,15-18H,9-12H2,1-3H3. The van der Waals surface area contributed by atoms with E-state index in [1.165, 1.54) is 0 Å². The molecule has 2 rings (SSSR count). The first kappa shape index (κ1) is 16.5. The first-order valence-electron chi connectivity index (χ1n) is 7.86. The highest BCUT2D eigenvalue weighted by molar-refractivity contribution is 7.91. The monoisotopic (exact) mass is 309 g/mol. The molecule has 0 heterocycles. The average Bonchev–Trinajstić information content (AvgIpc) is 2.47. The number of rotatable bonds is 5. The van der Waals surface area contributed by atoms with Crippen LogP contribution in [0.3, 0.4) is 0 Å². The van der Waals surface area contributed by atoms with E-state index in [-0.39, 0.29) is 17.0 Å². The molecular weight excluding hydrogens is 282 g/mol. The van der Waals surface area contributed by atoms with Crippen LogP contribution in [-0.2, 0) is 15.6 Å². The van der Waals surface area contributed by atoms with Crippen molar-refractivity contribution in [3.8, 4) is 0 Å². The van der Waals surface area contributed by atoms with Gasteiger partial charge in [-0.1, -0.05) is 44.2 Å². The van der Waals surface area contributed by atoms with Crippen LogP contribution in [0.1, 0.15) is 38.7 Å². The number of nitrogens with one attached hydrogen (secondary N) is 1. The van der Waals surface area contributed by atoms with Gasteiger partial charge in [0.1, 0.15) is 0 Å². The number of hydrogen-bond acceptors (Lipinski definition) is 3. The molecule has 1 aromatic carbocycles. The van der Waals surface area contributed by atoms with Gasteiger partial charge in [0.15, 0.2) is 9.84 Å². The van der Waals surface area contributed by atoms with Gasteiger partial charge in [-0.15, -0.1) is 0 Å². The van der Waals surface area contributed by atoms with Gasteiger partial charge in [0.05, 0.1) is 11.0 Å². The summed E-state index contributed by atoms with van der Waals surface area (Å²) in [6.45, 7) is 4.40. The molecule has 4 heteroatoms. The first-order valence-corrected chi connectivity index (χ1v) is 9.58. The van der Waals surface area contributed by atoms with Gasteiger partial charge in [0, 0.05) is 6.04 Å². The van der Waals surface area contributed by atoms with Crippen LogP contribution >= 0.6 is 0 Å². The lowest BCUT2D eigenvalue weighted by Gasteiger charge is -2.37. The predicted octanol–water partition coefficient (Wildman–Crippen LogP) is 3.01. The Morgan fingerprint density at radius 2 is 1.86 bits per heavy atom. The normalized spacial score (nSPS) is 27.0. The third kappa shape index (κ3) is 4.07. The molecule has 1 fully saturated rings. The predicted molar refractivity (Wildman–Crippen MR) is 87.9 cm³/mol. The minimum Gasteiger partial charge on any atom is -0.316 e. The van der Waals surface area contributed by atoms with Gasteiger partial charge in [-0.3, -0.25) is 0 Å². The Morgan fingerprint density at radius 1 is 1.19 bits per heavy atom. The van der Waals surface area contributed by atoms with Gasteiger partial charge in [0.25, 0.3) is 0 Å². The van der Waals surface area contributed by atoms with Gasteiger partial charge in [-0.2, -0.15) is 0 Å². The van der Waals surface area contributed by atoms with Gasteiger partial charge in [-0.05, 0) is 43.7 Å². The molecule has 0 radical (unpaired) electrons. The highest BCUT2D eigenvalue weighted by Gasteiger charge is 2.38. The first-order chi connectivity index (χ1) is 9.94. The molecule has 0 aliphatic heterocycles.